The lowest BCUT2D eigenvalue weighted by molar-refractivity contribution is 0.0801. The number of halogens is 3. The molecule has 0 bridgehead atoms. The predicted molar refractivity (Wildman–Crippen MR) is 107 cm³/mol. The molecule has 0 radical (unpaired) electrons. The molecule has 2 aromatic heterocycles. The molecular weight excluding hydrogens is 423 g/mol. The minimum atomic E-state index is -2.74. The molecule has 0 saturated carbocycles. The number of alkyl halides is 2. The van der Waals surface area contributed by atoms with Crippen LogP contribution < -0.4 is 19.9 Å². The van der Waals surface area contributed by atoms with Gasteiger partial charge in [-0.1, -0.05) is 0 Å². The Morgan fingerprint density at radius 3 is 2.73 bits per heavy atom. The van der Waals surface area contributed by atoms with Crippen molar-refractivity contribution in [1.29, 1.82) is 0 Å². The highest BCUT2D eigenvalue weighted by atomic mass is 32.2. The van der Waals surface area contributed by atoms with Gasteiger partial charge in [-0.3, -0.25) is 9.20 Å². The number of nitrogens with one attached hydrogen (secondary N) is 1. The minimum Gasteiger partial charge on any atom is -0.482 e. The fourth-order valence-corrected chi connectivity index (χ4v) is 4.37. The zero-order valence-electron chi connectivity index (χ0n) is 16.3. The van der Waals surface area contributed by atoms with Crippen LogP contribution in [0.3, 0.4) is 0 Å². The second kappa shape index (κ2) is 8.96. The molecule has 0 amide bonds. The van der Waals surface area contributed by atoms with E-state index in [0.717, 1.165) is 12.3 Å². The van der Waals surface area contributed by atoms with Gasteiger partial charge < -0.3 is 14.5 Å². The van der Waals surface area contributed by atoms with E-state index >= 15 is 0 Å². The quantitative estimate of drug-likeness (QED) is 0.471. The first-order chi connectivity index (χ1) is 14.2. The van der Waals surface area contributed by atoms with Crippen molar-refractivity contribution in [3.8, 4) is 17.5 Å². The number of rotatable bonds is 9. The summed E-state index contributed by atoms with van der Waals surface area (Å²) in [6.07, 6.45) is -0.470. The van der Waals surface area contributed by atoms with Crippen LogP contribution in [-0.2, 0) is 10.8 Å². The molecule has 0 aliphatic carbocycles. The molecule has 1 aliphatic heterocycles. The summed E-state index contributed by atoms with van der Waals surface area (Å²) in [5, 5.41) is 1.68. The molecule has 0 unspecified atom stereocenters. The number of pyridine rings is 2. The second-order valence-corrected chi connectivity index (χ2v) is 8.35. The van der Waals surface area contributed by atoms with Crippen molar-refractivity contribution in [1.82, 2.24) is 15.4 Å². The Morgan fingerprint density at radius 1 is 1.37 bits per heavy atom. The Hall–Kier alpha value is -2.73. The van der Waals surface area contributed by atoms with Crippen molar-refractivity contribution in [2.24, 2.45) is 4.99 Å². The average molecular weight is 443 g/mol. The molecule has 3 rings (SSSR count). The van der Waals surface area contributed by atoms with E-state index in [9.17, 15) is 17.4 Å². The number of nitrogens with zero attached hydrogens (tertiary/aromatic N) is 4. The normalized spacial score (nSPS) is 20.5. The molecule has 3 heterocycles. The molecule has 12 heteroatoms. The van der Waals surface area contributed by atoms with Crippen molar-refractivity contribution >= 4 is 28.9 Å². The van der Waals surface area contributed by atoms with Gasteiger partial charge in [-0.2, -0.15) is 0 Å². The summed E-state index contributed by atoms with van der Waals surface area (Å²) in [5.74, 6) is -0.192. The van der Waals surface area contributed by atoms with Gasteiger partial charge in [0.2, 0.25) is 5.88 Å². The second-order valence-electron chi connectivity index (χ2n) is 6.89. The van der Waals surface area contributed by atoms with Gasteiger partial charge >= 0.3 is 0 Å². The number of aliphatic imine (C=N–C) groups is 1. The molecule has 1 N–H and O–H groups in total. The first-order valence-corrected chi connectivity index (χ1v) is 10.3. The topological polar surface area (TPSA) is 88.9 Å². The predicted octanol–water partition coefficient (Wildman–Crippen LogP) is 2.85. The van der Waals surface area contributed by atoms with E-state index in [-0.39, 0.29) is 23.0 Å². The van der Waals surface area contributed by atoms with Gasteiger partial charge in [0.15, 0.2) is 5.75 Å². The van der Waals surface area contributed by atoms with Crippen LogP contribution in [0.2, 0.25) is 0 Å². The minimum absolute atomic E-state index is 0.0504. The van der Waals surface area contributed by atoms with Gasteiger partial charge in [0.25, 0.3) is 12.3 Å². The first kappa shape index (κ1) is 22.0. The summed E-state index contributed by atoms with van der Waals surface area (Å²) in [7, 11) is 0.893. The molecule has 8 nitrogen and oxygen atoms in total. The molecule has 162 valence electrons. The zero-order chi connectivity index (χ0) is 21.9. The average Bonchev–Trinajstić information content (AvgIpc) is 2.66. The van der Waals surface area contributed by atoms with Crippen molar-refractivity contribution in [2.75, 3.05) is 30.2 Å². The lowest BCUT2D eigenvalue weighted by Gasteiger charge is -2.41. The van der Waals surface area contributed by atoms with Crippen molar-refractivity contribution in [3.05, 3.63) is 30.3 Å². The number of hydrogen-bond donors (Lipinski definition) is 1. The third-order valence-corrected chi connectivity index (χ3v) is 6.03. The Kier molecular flexibility index (Phi) is 6.56. The largest absolute Gasteiger partial charge is 0.482 e. The highest BCUT2D eigenvalue weighted by molar-refractivity contribution is 7.86. The number of ether oxygens (including phenoxy) is 2. The SMILES string of the molecule is C=Nc1cnc(Oc2ncc(F)cc2OCC(F)F)cc1N(C)NC1(C)CS(=O)C1. The zero-order valence-corrected chi connectivity index (χ0v) is 17.1. The van der Waals surface area contributed by atoms with Crippen LogP contribution in [0.5, 0.6) is 17.5 Å². The summed E-state index contributed by atoms with van der Waals surface area (Å²) in [4.78, 5) is 11.8. The molecule has 0 spiro atoms. The third kappa shape index (κ3) is 5.25. The van der Waals surface area contributed by atoms with Crippen LogP contribution in [0.15, 0.2) is 29.5 Å². The van der Waals surface area contributed by atoms with Gasteiger partial charge in [0, 0.05) is 41.5 Å². The van der Waals surface area contributed by atoms with Crippen molar-refractivity contribution in [2.45, 2.75) is 18.9 Å². The van der Waals surface area contributed by atoms with Crippen LogP contribution in [0.1, 0.15) is 6.92 Å². The van der Waals surface area contributed by atoms with E-state index in [4.69, 9.17) is 9.47 Å². The van der Waals surface area contributed by atoms with Gasteiger partial charge in [-0.25, -0.2) is 28.6 Å². The Balaban J connectivity index is 1.83. The number of hydrazine groups is 1. The lowest BCUT2D eigenvalue weighted by atomic mass is 10.1. The van der Waals surface area contributed by atoms with Crippen molar-refractivity contribution < 1.29 is 26.9 Å². The maximum Gasteiger partial charge on any atom is 0.272 e. The fraction of sp³-hybridized carbons (Fsp3) is 0.389. The van der Waals surface area contributed by atoms with Crippen LogP contribution >= 0.6 is 0 Å². The summed E-state index contributed by atoms with van der Waals surface area (Å²) in [6, 6.07) is 2.43. The maximum absolute atomic E-state index is 13.4. The Morgan fingerprint density at radius 2 is 2.10 bits per heavy atom. The first-order valence-electron chi connectivity index (χ1n) is 8.77. The maximum atomic E-state index is 13.4. The Bertz CT molecular complexity index is 955. The number of anilines is 1. The highest BCUT2D eigenvalue weighted by Gasteiger charge is 2.39. The monoisotopic (exact) mass is 443 g/mol. The molecule has 1 saturated heterocycles. The van der Waals surface area contributed by atoms with E-state index in [1.165, 1.54) is 12.3 Å². The van der Waals surface area contributed by atoms with E-state index < -0.39 is 29.6 Å². The van der Waals surface area contributed by atoms with Gasteiger partial charge in [-0.15, -0.1) is 0 Å². The van der Waals surface area contributed by atoms with Crippen LogP contribution in [0, 0.1) is 5.82 Å². The fourth-order valence-electron chi connectivity index (χ4n) is 2.90. The van der Waals surface area contributed by atoms with E-state index in [2.05, 4.69) is 27.1 Å². The van der Waals surface area contributed by atoms with Gasteiger partial charge in [0.1, 0.15) is 18.1 Å². The number of aromatic nitrogens is 2. The molecular formula is C18H20F3N5O3S. The summed E-state index contributed by atoms with van der Waals surface area (Å²) in [6.45, 7) is 4.52. The third-order valence-electron chi connectivity index (χ3n) is 4.12. The van der Waals surface area contributed by atoms with Crippen LogP contribution in [-0.4, -0.2) is 58.0 Å². The molecule has 1 fully saturated rings. The Labute approximate surface area is 173 Å². The molecule has 1 aliphatic rings. The van der Waals surface area contributed by atoms with E-state index in [1.54, 1.807) is 12.1 Å². The molecule has 0 aromatic carbocycles. The molecule has 0 atom stereocenters. The van der Waals surface area contributed by atoms with Crippen LogP contribution in [0.4, 0.5) is 24.5 Å². The molecule has 2 aromatic rings. The van der Waals surface area contributed by atoms with Gasteiger partial charge in [-0.05, 0) is 13.6 Å². The van der Waals surface area contributed by atoms with Crippen LogP contribution in [0.25, 0.3) is 0 Å². The van der Waals surface area contributed by atoms with E-state index in [0.29, 0.717) is 22.9 Å². The highest BCUT2D eigenvalue weighted by Crippen LogP contribution is 2.34. The number of hydrogen-bond acceptors (Lipinski definition) is 8. The standard InChI is InChI=1S/C18H20F3N5O3S/c1-18(9-30(27)10-18)25-26(3)13-5-16(23-7-12(13)22-2)29-17-14(28-8-15(20)21)4-11(19)6-24-17/h4-7,15,25H,2,8-10H2,1,3H3. The smallest absolute Gasteiger partial charge is 0.272 e. The summed E-state index contributed by atoms with van der Waals surface area (Å²) >= 11 is 0. The summed E-state index contributed by atoms with van der Waals surface area (Å²) < 4.78 is 60.3. The van der Waals surface area contributed by atoms with Crippen molar-refractivity contribution in [3.63, 3.8) is 0 Å². The molecule has 30 heavy (non-hydrogen) atoms. The summed E-state index contributed by atoms with van der Waals surface area (Å²) in [5.41, 5.74) is 3.91. The van der Waals surface area contributed by atoms with E-state index in [1.807, 2.05) is 6.92 Å². The lowest BCUT2D eigenvalue weighted by Crippen LogP contribution is -2.64. The van der Waals surface area contributed by atoms with Gasteiger partial charge in [0.05, 0.1) is 23.6 Å².